The number of nitrogens with zero attached hydrogens (tertiary/aromatic N) is 2. The molecule has 2 aliphatic rings. The topological polar surface area (TPSA) is 25.8 Å². The SMILES string of the molecule is [2H]C(c1ccnc(-c2[c-]ccc3c2sc2c3ccc3cccc(C)c32)c1)(C1CCCCC1)C1CCCC1.[CH3][Ge]([CH3])([CH3])[c]1ccc(-c2[c-]cccc2)nc1.[Ir]. The molecule has 1 radical (unpaired) electrons. The molecule has 0 amide bonds. The van der Waals surface area contributed by atoms with E-state index in [1.165, 1.54) is 104 Å². The van der Waals surface area contributed by atoms with Crippen LogP contribution in [0.15, 0.2) is 103 Å². The van der Waals surface area contributed by atoms with Crippen LogP contribution in [0.4, 0.5) is 0 Å². The van der Waals surface area contributed by atoms with E-state index in [0.717, 1.165) is 22.5 Å². The molecule has 2 fully saturated rings. The third kappa shape index (κ3) is 8.13. The molecule has 1 unspecified atom stereocenters. The van der Waals surface area contributed by atoms with Gasteiger partial charge in [0.05, 0.1) is 0 Å². The molecule has 2 nitrogen and oxygen atoms in total. The number of hydrogen-bond acceptors (Lipinski definition) is 3. The monoisotopic (exact) mass is 954 g/mol. The van der Waals surface area contributed by atoms with E-state index in [-0.39, 0.29) is 20.1 Å². The Kier molecular flexibility index (Phi) is 11.6. The van der Waals surface area contributed by atoms with Crippen LogP contribution < -0.4 is 4.40 Å². The first-order valence-corrected chi connectivity index (χ1v) is 27.5. The van der Waals surface area contributed by atoms with Gasteiger partial charge in [-0.3, -0.25) is 0 Å². The van der Waals surface area contributed by atoms with Crippen LogP contribution >= 0.6 is 11.3 Å². The number of rotatable bonds is 6. The van der Waals surface area contributed by atoms with Crippen molar-refractivity contribution in [3.63, 3.8) is 0 Å². The Labute approximate surface area is 338 Å². The summed E-state index contributed by atoms with van der Waals surface area (Å²) in [6, 6.07) is 38.9. The summed E-state index contributed by atoms with van der Waals surface area (Å²) >= 11 is 0.159. The fraction of sp³-hybridized carbons (Fsp3) is 0.333. The maximum atomic E-state index is 10.0. The van der Waals surface area contributed by atoms with Gasteiger partial charge in [0.2, 0.25) is 0 Å². The smallest absolute Gasteiger partial charge is 0 e. The van der Waals surface area contributed by atoms with Gasteiger partial charge in [0.15, 0.2) is 0 Å². The fourth-order valence-electron chi connectivity index (χ4n) is 8.69. The van der Waals surface area contributed by atoms with Gasteiger partial charge in [0.1, 0.15) is 0 Å². The molecule has 1 atom stereocenters. The Hall–Kier alpha value is -3.15. The van der Waals surface area contributed by atoms with Crippen LogP contribution in [-0.4, -0.2) is 23.2 Å². The van der Waals surface area contributed by atoms with Crippen molar-refractivity contribution in [2.24, 2.45) is 11.8 Å². The van der Waals surface area contributed by atoms with Gasteiger partial charge in [-0.15, -0.1) is 23.8 Å². The normalized spacial score (nSPS) is 16.9. The van der Waals surface area contributed by atoms with E-state index in [9.17, 15) is 1.37 Å². The van der Waals surface area contributed by atoms with E-state index in [0.29, 0.717) is 11.8 Å². The predicted octanol–water partition coefficient (Wildman–Crippen LogP) is 13.3. The minimum Gasteiger partial charge on any atom is 0 e. The van der Waals surface area contributed by atoms with Crippen molar-refractivity contribution in [3.8, 4) is 22.5 Å². The summed E-state index contributed by atoms with van der Waals surface area (Å²) in [4.78, 5) is 9.42. The van der Waals surface area contributed by atoms with E-state index in [2.05, 4.69) is 108 Å². The molecule has 0 bridgehead atoms. The molecule has 0 spiro atoms. The van der Waals surface area contributed by atoms with Crippen molar-refractivity contribution in [1.82, 2.24) is 9.97 Å². The second-order valence-electron chi connectivity index (χ2n) is 16.0. The molecule has 0 saturated heterocycles. The zero-order chi connectivity index (χ0) is 36.6. The van der Waals surface area contributed by atoms with Crippen LogP contribution in [0.5, 0.6) is 0 Å². The Bertz CT molecular complexity index is 2360. The number of pyridine rings is 2. The second-order valence-corrected chi connectivity index (χ2v) is 27.6. The van der Waals surface area contributed by atoms with Gasteiger partial charge < -0.3 is 4.98 Å². The van der Waals surface area contributed by atoms with Gasteiger partial charge in [-0.2, -0.15) is 11.3 Å². The van der Waals surface area contributed by atoms with E-state index < -0.39 is 19.2 Å². The van der Waals surface area contributed by atoms with Crippen molar-refractivity contribution in [2.45, 2.75) is 87.9 Å². The standard InChI is InChI=1S/C34H34NS.C14H16GeN.Ir/c1-22-9-7-14-25-17-18-28-27-15-8-16-29(33(27)36-34(28)31(22)25)30-21-26(19-20-35-30)32(24-12-5-6-13-24)23-10-3-2-4-11-23;1-15(2,3)13-9-10-14(16-11-13)12-7-5-4-6-8-12;/h7-9,14-15,17-21,23-24,32H,2-6,10-13H2,1H3;4-7,9-11H,1-3H3;/q2*-1;/i32D;;. The summed E-state index contributed by atoms with van der Waals surface area (Å²) < 4.78 is 14.1. The Morgan fingerprint density at radius 2 is 1.49 bits per heavy atom. The van der Waals surface area contributed by atoms with Gasteiger partial charge in [-0.05, 0) is 88.7 Å². The number of fused-ring (bicyclic) bond motifs is 5. The molecule has 0 N–H and O–H groups in total. The number of aryl methyl sites for hydroxylation is 1. The summed E-state index contributed by atoms with van der Waals surface area (Å²) in [5.41, 5.74) is 6.64. The molecular formula is C48H50GeIrN2S-2. The molecule has 2 saturated carbocycles. The molecule has 7 aromatic rings. The van der Waals surface area contributed by atoms with Crippen molar-refractivity contribution in [2.75, 3.05) is 0 Å². The first-order valence-electron chi connectivity index (χ1n) is 19.9. The Morgan fingerprint density at radius 1 is 0.736 bits per heavy atom. The number of aromatic nitrogens is 2. The maximum Gasteiger partial charge on any atom is 0 e. The van der Waals surface area contributed by atoms with Crippen LogP contribution in [-0.2, 0) is 20.1 Å². The molecule has 53 heavy (non-hydrogen) atoms. The van der Waals surface area contributed by atoms with Gasteiger partial charge in [-0.25, -0.2) is 0 Å². The van der Waals surface area contributed by atoms with Crippen LogP contribution in [0.25, 0.3) is 53.5 Å². The molecule has 4 aromatic carbocycles. The van der Waals surface area contributed by atoms with Gasteiger partial charge in [0.25, 0.3) is 0 Å². The maximum absolute atomic E-state index is 10.0. The van der Waals surface area contributed by atoms with Gasteiger partial charge >= 0.3 is 99.8 Å². The van der Waals surface area contributed by atoms with Crippen molar-refractivity contribution >= 4 is 59.9 Å². The third-order valence-electron chi connectivity index (χ3n) is 11.5. The van der Waals surface area contributed by atoms with E-state index in [1.54, 1.807) is 0 Å². The second kappa shape index (κ2) is 16.7. The Balaban J connectivity index is 0.000000223. The largest absolute Gasteiger partial charge is 0 e. The average Bonchev–Trinajstić information content (AvgIpc) is 3.88. The van der Waals surface area contributed by atoms with Crippen molar-refractivity contribution in [3.05, 3.63) is 127 Å². The Morgan fingerprint density at radius 3 is 2.19 bits per heavy atom. The summed E-state index contributed by atoms with van der Waals surface area (Å²) in [5, 5.41) is 5.26. The zero-order valence-electron chi connectivity index (χ0n) is 32.5. The van der Waals surface area contributed by atoms with Crippen LogP contribution in [0, 0.1) is 30.9 Å². The summed E-state index contributed by atoms with van der Waals surface area (Å²) in [6.45, 7) is 2.21. The molecule has 3 aromatic heterocycles. The first-order chi connectivity index (χ1) is 25.7. The summed E-state index contributed by atoms with van der Waals surface area (Å²) in [7, 11) is 0. The fourth-order valence-corrected chi connectivity index (χ4v) is 12.3. The molecule has 9 rings (SSSR count). The molecular weight excluding hydrogens is 901 g/mol. The quantitative estimate of drug-likeness (QED) is 0.123. The van der Waals surface area contributed by atoms with E-state index in [4.69, 9.17) is 4.98 Å². The molecule has 2 aliphatic carbocycles. The van der Waals surface area contributed by atoms with Gasteiger partial charge in [-0.1, -0.05) is 73.9 Å². The summed E-state index contributed by atoms with van der Waals surface area (Å²) in [6.07, 6.45) is 15.2. The van der Waals surface area contributed by atoms with E-state index in [1.807, 2.05) is 48.0 Å². The third-order valence-corrected chi connectivity index (χ3v) is 17.0. The number of hydrogen-bond donors (Lipinski definition) is 0. The van der Waals surface area contributed by atoms with Crippen molar-refractivity contribution in [1.29, 1.82) is 0 Å². The molecule has 0 aliphatic heterocycles. The molecule has 273 valence electrons. The molecule has 3 heterocycles. The molecule has 5 heteroatoms. The minimum atomic E-state index is -1.72. The van der Waals surface area contributed by atoms with Crippen LogP contribution in [0.1, 0.15) is 76.2 Å². The first kappa shape index (κ1) is 36.8. The van der Waals surface area contributed by atoms with Crippen LogP contribution in [0.3, 0.4) is 0 Å². The number of benzene rings is 4. The minimum absolute atomic E-state index is 0. The predicted molar refractivity (Wildman–Crippen MR) is 226 cm³/mol. The average molecular weight is 953 g/mol. The van der Waals surface area contributed by atoms with Gasteiger partial charge in [0, 0.05) is 37.8 Å². The van der Waals surface area contributed by atoms with Crippen molar-refractivity contribution < 1.29 is 21.5 Å². The number of thiophene rings is 1. The summed E-state index contributed by atoms with van der Waals surface area (Å²) in [5.74, 6) is 7.56. The zero-order valence-corrected chi connectivity index (χ0v) is 36.8. The van der Waals surface area contributed by atoms with Crippen LogP contribution in [0.2, 0.25) is 17.3 Å². The van der Waals surface area contributed by atoms with E-state index >= 15 is 0 Å².